The molecule has 0 bridgehead atoms. The third kappa shape index (κ3) is 2.94. The van der Waals surface area contributed by atoms with Crippen molar-refractivity contribution in [2.45, 2.75) is 45.6 Å². The number of nitrogens with one attached hydrogen (secondary N) is 1. The lowest BCUT2D eigenvalue weighted by molar-refractivity contribution is -0.137. The predicted molar refractivity (Wildman–Crippen MR) is 58.3 cm³/mol. The Morgan fingerprint density at radius 2 is 2.07 bits per heavy atom. The molecule has 0 aromatic heterocycles. The van der Waals surface area contributed by atoms with E-state index in [0.717, 1.165) is 19.4 Å². The molecule has 0 unspecified atom stereocenters. The van der Waals surface area contributed by atoms with Crippen LogP contribution in [-0.4, -0.2) is 35.3 Å². The van der Waals surface area contributed by atoms with Gasteiger partial charge < -0.3 is 10.2 Å². The van der Waals surface area contributed by atoms with Crippen molar-refractivity contribution in [3.05, 3.63) is 0 Å². The molecule has 1 fully saturated rings. The van der Waals surface area contributed by atoms with Crippen LogP contribution in [0.1, 0.15) is 40.0 Å². The Bertz CT molecular complexity index is 261. The van der Waals surface area contributed by atoms with E-state index in [1.54, 1.807) is 18.7 Å². The molecule has 4 heteroatoms. The SMILES string of the molecule is CCCCN1CCC(=O)NC(C)(C)C1=O. The number of hydrogen-bond donors (Lipinski definition) is 1. The van der Waals surface area contributed by atoms with Crippen LogP contribution < -0.4 is 5.32 Å². The molecule has 0 aromatic rings. The summed E-state index contributed by atoms with van der Waals surface area (Å²) in [5, 5.41) is 2.74. The lowest BCUT2D eigenvalue weighted by atomic mass is 10.0. The van der Waals surface area contributed by atoms with Gasteiger partial charge in [-0.2, -0.15) is 0 Å². The average molecular weight is 212 g/mol. The van der Waals surface area contributed by atoms with Crippen LogP contribution in [0.15, 0.2) is 0 Å². The third-order valence-corrected chi connectivity index (χ3v) is 2.66. The molecule has 1 saturated heterocycles. The van der Waals surface area contributed by atoms with Gasteiger partial charge in [-0.25, -0.2) is 0 Å². The van der Waals surface area contributed by atoms with Crippen molar-refractivity contribution in [2.24, 2.45) is 0 Å². The van der Waals surface area contributed by atoms with Crippen molar-refractivity contribution in [1.82, 2.24) is 10.2 Å². The molecule has 0 aromatic carbocycles. The molecule has 1 aliphatic heterocycles. The molecule has 1 rings (SSSR count). The largest absolute Gasteiger partial charge is 0.342 e. The Morgan fingerprint density at radius 1 is 1.40 bits per heavy atom. The van der Waals surface area contributed by atoms with Gasteiger partial charge in [-0.3, -0.25) is 9.59 Å². The predicted octanol–water partition coefficient (Wildman–Crippen LogP) is 0.914. The second-order valence-electron chi connectivity index (χ2n) is 4.57. The van der Waals surface area contributed by atoms with Gasteiger partial charge in [0.15, 0.2) is 0 Å². The van der Waals surface area contributed by atoms with Gasteiger partial charge in [0.05, 0.1) is 0 Å². The average Bonchev–Trinajstić information content (AvgIpc) is 2.24. The Morgan fingerprint density at radius 3 is 2.67 bits per heavy atom. The van der Waals surface area contributed by atoms with Crippen molar-refractivity contribution in [2.75, 3.05) is 13.1 Å². The number of unbranched alkanes of at least 4 members (excludes halogenated alkanes) is 1. The van der Waals surface area contributed by atoms with Crippen LogP contribution in [0.2, 0.25) is 0 Å². The van der Waals surface area contributed by atoms with Crippen molar-refractivity contribution < 1.29 is 9.59 Å². The fraction of sp³-hybridized carbons (Fsp3) is 0.818. The Kier molecular flexibility index (Phi) is 3.72. The maximum Gasteiger partial charge on any atom is 0.247 e. The molecular weight excluding hydrogens is 192 g/mol. The highest BCUT2D eigenvalue weighted by atomic mass is 16.2. The topological polar surface area (TPSA) is 49.4 Å². The number of hydrogen-bond acceptors (Lipinski definition) is 2. The van der Waals surface area contributed by atoms with Crippen LogP contribution in [0.5, 0.6) is 0 Å². The summed E-state index contributed by atoms with van der Waals surface area (Å²) in [7, 11) is 0. The number of nitrogens with zero attached hydrogens (tertiary/aromatic N) is 1. The van der Waals surface area contributed by atoms with Crippen molar-refractivity contribution in [3.8, 4) is 0 Å². The summed E-state index contributed by atoms with van der Waals surface area (Å²) in [6.45, 7) is 6.92. The van der Waals surface area contributed by atoms with Gasteiger partial charge in [0.2, 0.25) is 11.8 Å². The minimum absolute atomic E-state index is 0.0294. The van der Waals surface area contributed by atoms with Crippen LogP contribution in [0, 0.1) is 0 Å². The molecule has 0 radical (unpaired) electrons. The molecular formula is C11H20N2O2. The maximum atomic E-state index is 12.0. The number of rotatable bonds is 3. The van der Waals surface area contributed by atoms with Crippen LogP contribution in [-0.2, 0) is 9.59 Å². The van der Waals surface area contributed by atoms with Gasteiger partial charge in [0.25, 0.3) is 0 Å². The van der Waals surface area contributed by atoms with Crippen LogP contribution >= 0.6 is 0 Å². The molecule has 0 spiro atoms. The molecule has 1 aliphatic rings. The molecule has 0 aliphatic carbocycles. The standard InChI is InChI=1S/C11H20N2O2/c1-4-5-7-13-8-6-9(14)12-11(2,3)10(13)15/h4-8H2,1-3H3,(H,12,14). The molecule has 2 amide bonds. The minimum Gasteiger partial charge on any atom is -0.342 e. The van der Waals surface area contributed by atoms with Gasteiger partial charge in [-0.05, 0) is 20.3 Å². The molecule has 0 atom stereocenters. The lowest BCUT2D eigenvalue weighted by Gasteiger charge is -2.28. The zero-order valence-electron chi connectivity index (χ0n) is 9.80. The van der Waals surface area contributed by atoms with Crippen LogP contribution in [0.25, 0.3) is 0 Å². The zero-order chi connectivity index (χ0) is 11.5. The molecule has 86 valence electrons. The molecule has 1 N–H and O–H groups in total. The number of amides is 2. The highest BCUT2D eigenvalue weighted by molar-refractivity contribution is 5.92. The van der Waals surface area contributed by atoms with Gasteiger partial charge in [0.1, 0.15) is 5.54 Å². The number of carbonyl (C=O) groups is 2. The fourth-order valence-electron chi connectivity index (χ4n) is 1.76. The van der Waals surface area contributed by atoms with E-state index >= 15 is 0 Å². The number of carbonyl (C=O) groups excluding carboxylic acids is 2. The van der Waals surface area contributed by atoms with Crippen LogP contribution in [0.3, 0.4) is 0 Å². The van der Waals surface area contributed by atoms with E-state index < -0.39 is 5.54 Å². The summed E-state index contributed by atoms with van der Waals surface area (Å²) in [5.41, 5.74) is -0.749. The van der Waals surface area contributed by atoms with Crippen molar-refractivity contribution in [3.63, 3.8) is 0 Å². The summed E-state index contributed by atoms with van der Waals surface area (Å²) in [4.78, 5) is 25.2. The van der Waals surface area contributed by atoms with Gasteiger partial charge in [0, 0.05) is 19.5 Å². The first kappa shape index (κ1) is 12.0. The van der Waals surface area contributed by atoms with E-state index in [0.29, 0.717) is 13.0 Å². The smallest absolute Gasteiger partial charge is 0.247 e. The van der Waals surface area contributed by atoms with E-state index in [1.807, 2.05) is 0 Å². The maximum absolute atomic E-state index is 12.0. The molecule has 1 heterocycles. The highest BCUT2D eigenvalue weighted by Crippen LogP contribution is 2.13. The van der Waals surface area contributed by atoms with E-state index in [-0.39, 0.29) is 11.8 Å². The van der Waals surface area contributed by atoms with Gasteiger partial charge in [-0.15, -0.1) is 0 Å². The van der Waals surface area contributed by atoms with Gasteiger partial charge >= 0.3 is 0 Å². The molecule has 4 nitrogen and oxygen atoms in total. The van der Waals surface area contributed by atoms with Crippen LogP contribution in [0.4, 0.5) is 0 Å². The lowest BCUT2D eigenvalue weighted by Crippen LogP contribution is -2.52. The Labute approximate surface area is 91.0 Å². The quantitative estimate of drug-likeness (QED) is 0.756. The van der Waals surface area contributed by atoms with E-state index in [9.17, 15) is 9.59 Å². The molecule has 0 saturated carbocycles. The Balaban J connectivity index is 2.72. The second kappa shape index (κ2) is 4.64. The first-order chi connectivity index (χ1) is 6.97. The molecule has 15 heavy (non-hydrogen) atoms. The third-order valence-electron chi connectivity index (χ3n) is 2.66. The second-order valence-corrected chi connectivity index (χ2v) is 4.57. The summed E-state index contributed by atoms with van der Waals surface area (Å²) >= 11 is 0. The summed E-state index contributed by atoms with van der Waals surface area (Å²) in [6.07, 6.45) is 2.47. The van der Waals surface area contributed by atoms with Gasteiger partial charge in [-0.1, -0.05) is 13.3 Å². The monoisotopic (exact) mass is 212 g/mol. The van der Waals surface area contributed by atoms with E-state index in [4.69, 9.17) is 0 Å². The normalized spacial score (nSPS) is 21.1. The van der Waals surface area contributed by atoms with E-state index in [2.05, 4.69) is 12.2 Å². The minimum atomic E-state index is -0.749. The summed E-state index contributed by atoms with van der Waals surface area (Å²) in [6, 6.07) is 0. The first-order valence-electron chi connectivity index (χ1n) is 5.57. The van der Waals surface area contributed by atoms with Crippen molar-refractivity contribution in [1.29, 1.82) is 0 Å². The zero-order valence-corrected chi connectivity index (χ0v) is 9.80. The summed E-state index contributed by atoms with van der Waals surface area (Å²) < 4.78 is 0. The first-order valence-corrected chi connectivity index (χ1v) is 5.57. The van der Waals surface area contributed by atoms with Crippen molar-refractivity contribution >= 4 is 11.8 Å². The Hall–Kier alpha value is -1.06. The van der Waals surface area contributed by atoms with E-state index in [1.165, 1.54) is 0 Å². The highest BCUT2D eigenvalue weighted by Gasteiger charge is 2.35. The fourth-order valence-corrected chi connectivity index (χ4v) is 1.76. The summed E-state index contributed by atoms with van der Waals surface area (Å²) in [5.74, 6) is -0.00542.